The number of hydrogen-bond acceptors (Lipinski definition) is 5. The van der Waals surface area contributed by atoms with Crippen LogP contribution < -0.4 is 10.9 Å². The molecule has 1 heterocycles. The van der Waals surface area contributed by atoms with Crippen molar-refractivity contribution in [2.24, 2.45) is 0 Å². The minimum Gasteiger partial charge on any atom is -0.508 e. The van der Waals surface area contributed by atoms with E-state index in [9.17, 15) is 24.6 Å². The van der Waals surface area contributed by atoms with E-state index in [0.29, 0.717) is 16.5 Å². The summed E-state index contributed by atoms with van der Waals surface area (Å²) in [6, 6.07) is 11.0. The zero-order chi connectivity index (χ0) is 21.1. The number of aliphatic carboxylic acids is 1. The van der Waals surface area contributed by atoms with E-state index in [-0.39, 0.29) is 29.7 Å². The van der Waals surface area contributed by atoms with Gasteiger partial charge in [-0.25, -0.2) is 9.59 Å². The van der Waals surface area contributed by atoms with Gasteiger partial charge in [0.2, 0.25) is 5.91 Å². The molecule has 0 spiro atoms. The monoisotopic (exact) mass is 395 g/mol. The van der Waals surface area contributed by atoms with Crippen LogP contribution in [0.3, 0.4) is 0 Å². The molecule has 3 rings (SSSR count). The lowest BCUT2D eigenvalue weighted by Crippen LogP contribution is -2.43. The van der Waals surface area contributed by atoms with Gasteiger partial charge in [0.15, 0.2) is 0 Å². The lowest BCUT2D eigenvalue weighted by atomic mass is 10.0. The van der Waals surface area contributed by atoms with E-state index in [2.05, 4.69) is 5.32 Å². The van der Waals surface area contributed by atoms with Crippen molar-refractivity contribution in [3.63, 3.8) is 0 Å². The molecule has 0 bridgehead atoms. The number of benzene rings is 2. The van der Waals surface area contributed by atoms with Gasteiger partial charge in [-0.2, -0.15) is 0 Å². The molecule has 0 fully saturated rings. The molecule has 7 nitrogen and oxygen atoms in total. The van der Waals surface area contributed by atoms with Crippen molar-refractivity contribution in [3.05, 3.63) is 75.1 Å². The topological polar surface area (TPSA) is 117 Å². The smallest absolute Gasteiger partial charge is 0.340 e. The van der Waals surface area contributed by atoms with Gasteiger partial charge >= 0.3 is 11.6 Å². The Morgan fingerprint density at radius 3 is 2.41 bits per heavy atom. The second-order valence-corrected chi connectivity index (χ2v) is 6.90. The molecular weight excluding hydrogens is 374 g/mol. The van der Waals surface area contributed by atoms with E-state index >= 15 is 0 Å². The summed E-state index contributed by atoms with van der Waals surface area (Å²) in [6.07, 6.45) is -0.172. The van der Waals surface area contributed by atoms with Gasteiger partial charge in [-0.05, 0) is 37.1 Å². The molecule has 0 aliphatic carbocycles. The fourth-order valence-corrected chi connectivity index (χ4v) is 3.24. The number of amides is 1. The highest BCUT2D eigenvalue weighted by molar-refractivity contribution is 5.88. The Labute approximate surface area is 166 Å². The predicted octanol–water partition coefficient (Wildman–Crippen LogP) is 2.47. The van der Waals surface area contributed by atoms with E-state index in [1.807, 2.05) is 6.07 Å². The number of carbonyl (C=O) groups excluding carboxylic acids is 1. The number of carbonyl (C=O) groups is 2. The minimum absolute atomic E-state index is 0.00996. The maximum Gasteiger partial charge on any atom is 0.340 e. The average molecular weight is 395 g/mol. The summed E-state index contributed by atoms with van der Waals surface area (Å²) in [7, 11) is 0. The highest BCUT2D eigenvalue weighted by Gasteiger charge is 2.23. The zero-order valence-corrected chi connectivity index (χ0v) is 16.1. The van der Waals surface area contributed by atoms with Crippen molar-refractivity contribution in [1.82, 2.24) is 5.32 Å². The van der Waals surface area contributed by atoms with Crippen LogP contribution in [0.5, 0.6) is 5.75 Å². The van der Waals surface area contributed by atoms with E-state index in [4.69, 9.17) is 4.42 Å². The van der Waals surface area contributed by atoms with E-state index in [0.717, 1.165) is 5.56 Å². The summed E-state index contributed by atoms with van der Waals surface area (Å²) in [5, 5.41) is 22.3. The number of phenolic OH excluding ortho intramolecular Hbond substituents is 1. The summed E-state index contributed by atoms with van der Waals surface area (Å²) in [5.74, 6) is -1.73. The molecule has 150 valence electrons. The Morgan fingerprint density at radius 1 is 1.07 bits per heavy atom. The van der Waals surface area contributed by atoms with Gasteiger partial charge in [-0.3, -0.25) is 4.79 Å². The van der Waals surface area contributed by atoms with Crippen LogP contribution in [-0.2, 0) is 22.4 Å². The summed E-state index contributed by atoms with van der Waals surface area (Å²) >= 11 is 0. The van der Waals surface area contributed by atoms with Crippen molar-refractivity contribution < 1.29 is 24.2 Å². The molecule has 29 heavy (non-hydrogen) atoms. The molecule has 0 aliphatic rings. The molecule has 1 aromatic heterocycles. The second-order valence-electron chi connectivity index (χ2n) is 6.90. The molecule has 0 aliphatic heterocycles. The van der Waals surface area contributed by atoms with Crippen LogP contribution in [0, 0.1) is 13.8 Å². The normalized spacial score (nSPS) is 11.9. The molecule has 1 amide bonds. The third-order valence-corrected chi connectivity index (χ3v) is 4.93. The molecule has 3 N–H and O–H groups in total. The second kappa shape index (κ2) is 8.18. The van der Waals surface area contributed by atoms with Gasteiger partial charge in [0.25, 0.3) is 0 Å². The summed E-state index contributed by atoms with van der Waals surface area (Å²) in [6.45, 7) is 3.32. The van der Waals surface area contributed by atoms with Crippen LogP contribution in [0.25, 0.3) is 11.0 Å². The van der Waals surface area contributed by atoms with Gasteiger partial charge < -0.3 is 19.9 Å². The summed E-state index contributed by atoms with van der Waals surface area (Å²) in [4.78, 5) is 36.5. The zero-order valence-electron chi connectivity index (χ0n) is 16.1. The number of aryl methyl sites for hydroxylation is 2. The van der Waals surface area contributed by atoms with Crippen molar-refractivity contribution in [1.29, 1.82) is 0 Å². The largest absolute Gasteiger partial charge is 0.508 e. The van der Waals surface area contributed by atoms with Gasteiger partial charge in [0.05, 0.1) is 12.0 Å². The standard InChI is InChI=1S/C22H21NO6/c1-12-15-8-9-18(24)13(2)20(15)29-22(28)16(12)11-19(25)23-17(21(26)27)10-14-6-4-3-5-7-14/h3-9,17,24H,10-11H2,1-2H3,(H,23,25)(H,26,27)/t17-/m1/s1. The van der Waals surface area contributed by atoms with E-state index < -0.39 is 23.5 Å². The highest BCUT2D eigenvalue weighted by atomic mass is 16.4. The highest BCUT2D eigenvalue weighted by Crippen LogP contribution is 2.28. The fourth-order valence-electron chi connectivity index (χ4n) is 3.24. The molecular formula is C22H21NO6. The number of carboxylic acids is 1. The maximum absolute atomic E-state index is 12.5. The number of nitrogens with one attached hydrogen (secondary N) is 1. The SMILES string of the molecule is Cc1c(CC(=O)N[C@H](Cc2ccccc2)C(=O)O)c(=O)oc2c(C)c(O)ccc12. The first-order chi connectivity index (χ1) is 13.8. The van der Waals surface area contributed by atoms with E-state index in [1.54, 1.807) is 44.2 Å². The first-order valence-corrected chi connectivity index (χ1v) is 9.09. The molecule has 1 atom stereocenters. The number of phenols is 1. The van der Waals surface area contributed by atoms with E-state index in [1.165, 1.54) is 6.07 Å². The Bertz CT molecular complexity index is 1130. The first-order valence-electron chi connectivity index (χ1n) is 9.09. The molecule has 2 aromatic carbocycles. The van der Waals surface area contributed by atoms with Crippen LogP contribution in [0.15, 0.2) is 51.7 Å². The number of hydrogen-bond donors (Lipinski definition) is 3. The lowest BCUT2D eigenvalue weighted by Gasteiger charge is -2.15. The van der Waals surface area contributed by atoms with Crippen molar-refractivity contribution in [2.75, 3.05) is 0 Å². The average Bonchev–Trinajstić information content (AvgIpc) is 2.68. The minimum atomic E-state index is -1.16. The van der Waals surface area contributed by atoms with Crippen LogP contribution in [0.4, 0.5) is 0 Å². The molecule has 7 heteroatoms. The molecule has 0 radical (unpaired) electrons. The van der Waals surface area contributed by atoms with Crippen molar-refractivity contribution in [2.45, 2.75) is 32.7 Å². The Kier molecular flexibility index (Phi) is 5.68. The van der Waals surface area contributed by atoms with Crippen LogP contribution in [-0.4, -0.2) is 28.1 Å². The molecule has 0 saturated heterocycles. The molecule has 3 aromatic rings. The van der Waals surface area contributed by atoms with Gasteiger partial charge in [0.1, 0.15) is 17.4 Å². The fraction of sp³-hybridized carbons (Fsp3) is 0.227. The quantitative estimate of drug-likeness (QED) is 0.552. The van der Waals surface area contributed by atoms with Gasteiger partial charge in [-0.1, -0.05) is 30.3 Å². The number of carboxylic acid groups (broad SMARTS) is 1. The Balaban J connectivity index is 1.84. The Morgan fingerprint density at radius 2 is 1.76 bits per heavy atom. The van der Waals surface area contributed by atoms with Crippen LogP contribution in [0.2, 0.25) is 0 Å². The van der Waals surface area contributed by atoms with Crippen molar-refractivity contribution in [3.8, 4) is 5.75 Å². The number of aromatic hydroxyl groups is 1. The van der Waals surface area contributed by atoms with Gasteiger partial charge in [0, 0.05) is 17.4 Å². The van der Waals surface area contributed by atoms with Gasteiger partial charge in [-0.15, -0.1) is 0 Å². The summed E-state index contributed by atoms with van der Waals surface area (Å²) < 4.78 is 5.32. The lowest BCUT2D eigenvalue weighted by molar-refractivity contribution is -0.141. The molecule has 0 unspecified atom stereocenters. The molecule has 0 saturated carbocycles. The third kappa shape index (κ3) is 4.29. The maximum atomic E-state index is 12.5. The number of rotatable bonds is 6. The van der Waals surface area contributed by atoms with Crippen molar-refractivity contribution >= 4 is 22.8 Å². The number of fused-ring (bicyclic) bond motifs is 1. The Hall–Kier alpha value is -3.61. The van der Waals surface area contributed by atoms with Crippen LogP contribution in [0.1, 0.15) is 22.3 Å². The summed E-state index contributed by atoms with van der Waals surface area (Å²) in [5.41, 5.74) is 1.51. The first kappa shape index (κ1) is 20.1. The third-order valence-electron chi connectivity index (χ3n) is 4.93. The predicted molar refractivity (Wildman–Crippen MR) is 107 cm³/mol. The van der Waals surface area contributed by atoms with Crippen LogP contribution >= 0.6 is 0 Å².